The summed E-state index contributed by atoms with van der Waals surface area (Å²) in [7, 11) is 0. The summed E-state index contributed by atoms with van der Waals surface area (Å²) in [5.41, 5.74) is 0.0547. The summed E-state index contributed by atoms with van der Waals surface area (Å²) in [5.74, 6) is 1.63. The van der Waals surface area contributed by atoms with Crippen LogP contribution in [0.25, 0.3) is 0 Å². The van der Waals surface area contributed by atoms with E-state index in [0.29, 0.717) is 24.4 Å². The van der Waals surface area contributed by atoms with E-state index in [-0.39, 0.29) is 29.2 Å². The van der Waals surface area contributed by atoms with E-state index >= 15 is 0 Å². The van der Waals surface area contributed by atoms with Gasteiger partial charge in [0.25, 0.3) is 5.91 Å². The molecule has 2 aromatic rings. The number of nitrogens with one attached hydrogen (secondary N) is 1. The first kappa shape index (κ1) is 22.5. The molecule has 1 N–H and O–H groups in total. The molecule has 3 aliphatic rings. The minimum absolute atomic E-state index is 0.0547. The third-order valence-electron chi connectivity index (χ3n) is 7.19. The highest BCUT2D eigenvalue weighted by atomic mass is 32.1. The van der Waals surface area contributed by atoms with Crippen molar-refractivity contribution in [2.24, 2.45) is 5.41 Å². The smallest absolute Gasteiger partial charge is 0.263 e. The van der Waals surface area contributed by atoms with Crippen molar-refractivity contribution in [2.45, 2.75) is 70.9 Å². The highest BCUT2D eigenvalue weighted by molar-refractivity contribution is 7.13. The number of amides is 2. The summed E-state index contributed by atoms with van der Waals surface area (Å²) in [5, 5.41) is 11.7. The number of carbonyl (C=O) groups excluding carboxylic acids is 2. The fourth-order valence-corrected chi connectivity index (χ4v) is 5.94. The van der Waals surface area contributed by atoms with Crippen molar-refractivity contribution in [1.29, 1.82) is 0 Å². The number of carbonyl (C=O) groups is 2. The lowest BCUT2D eigenvalue weighted by molar-refractivity contribution is -0.122. The molecule has 8 nitrogen and oxygen atoms in total. The third kappa shape index (κ3) is 4.84. The first-order chi connectivity index (χ1) is 15.8. The molecule has 3 fully saturated rings. The Balaban J connectivity index is 1.29. The lowest BCUT2D eigenvalue weighted by Gasteiger charge is -2.39. The molecule has 33 heavy (non-hydrogen) atoms. The molecule has 0 bridgehead atoms. The molecule has 2 aromatic heterocycles. The molecule has 178 valence electrons. The highest BCUT2D eigenvalue weighted by Gasteiger charge is 2.49. The van der Waals surface area contributed by atoms with Crippen LogP contribution in [0.15, 0.2) is 16.5 Å². The van der Waals surface area contributed by atoms with Crippen LogP contribution in [0.1, 0.15) is 84.2 Å². The number of hydrogen-bond donors (Lipinski definition) is 1. The SMILES string of the molecule is Cc1ccc(C(=O)N2CCC3(CC2)CC(c2nnc(C(C)C)o2)N(CC(=O)NC2CC2)C3)s1. The Hall–Kier alpha value is -2.26. The lowest BCUT2D eigenvalue weighted by Crippen LogP contribution is -2.45. The second kappa shape index (κ2) is 8.83. The predicted octanol–water partition coefficient (Wildman–Crippen LogP) is 3.51. The van der Waals surface area contributed by atoms with E-state index < -0.39 is 0 Å². The second-order valence-corrected chi connectivity index (χ2v) is 11.6. The van der Waals surface area contributed by atoms with Crippen molar-refractivity contribution >= 4 is 23.2 Å². The molecule has 2 saturated heterocycles. The maximum atomic E-state index is 12.9. The minimum atomic E-state index is -0.0582. The van der Waals surface area contributed by atoms with Gasteiger partial charge in [-0.05, 0) is 56.6 Å². The molecule has 2 aliphatic heterocycles. The molecule has 1 atom stereocenters. The fraction of sp³-hybridized carbons (Fsp3) is 0.667. The van der Waals surface area contributed by atoms with Crippen molar-refractivity contribution in [2.75, 3.05) is 26.2 Å². The number of likely N-dealkylation sites (tertiary alicyclic amines) is 2. The highest BCUT2D eigenvalue weighted by Crippen LogP contribution is 2.49. The molecule has 0 radical (unpaired) electrons. The van der Waals surface area contributed by atoms with E-state index in [1.54, 1.807) is 11.3 Å². The van der Waals surface area contributed by atoms with Crippen molar-refractivity contribution in [1.82, 2.24) is 25.3 Å². The van der Waals surface area contributed by atoms with E-state index in [1.165, 1.54) is 0 Å². The van der Waals surface area contributed by atoms with Crippen LogP contribution in [-0.2, 0) is 4.79 Å². The van der Waals surface area contributed by atoms with Crippen LogP contribution in [0.2, 0.25) is 0 Å². The summed E-state index contributed by atoms with van der Waals surface area (Å²) in [6, 6.07) is 4.22. The second-order valence-electron chi connectivity index (χ2n) is 10.3. The van der Waals surface area contributed by atoms with Crippen molar-refractivity contribution in [3.63, 3.8) is 0 Å². The summed E-state index contributed by atoms with van der Waals surface area (Å²) < 4.78 is 6.03. The fourth-order valence-electron chi connectivity index (χ4n) is 5.11. The Morgan fingerprint density at radius 3 is 2.61 bits per heavy atom. The predicted molar refractivity (Wildman–Crippen MR) is 125 cm³/mol. The zero-order valence-electron chi connectivity index (χ0n) is 19.7. The van der Waals surface area contributed by atoms with Crippen LogP contribution >= 0.6 is 11.3 Å². The van der Waals surface area contributed by atoms with E-state index in [0.717, 1.165) is 61.5 Å². The van der Waals surface area contributed by atoms with Crippen molar-refractivity contribution < 1.29 is 14.0 Å². The Kier molecular flexibility index (Phi) is 6.03. The number of rotatable bonds is 6. The molecule has 1 unspecified atom stereocenters. The van der Waals surface area contributed by atoms with Gasteiger partial charge in [0.2, 0.25) is 17.7 Å². The molecule has 9 heteroatoms. The van der Waals surface area contributed by atoms with Gasteiger partial charge in [0.1, 0.15) is 0 Å². The third-order valence-corrected chi connectivity index (χ3v) is 8.18. The summed E-state index contributed by atoms with van der Waals surface area (Å²) in [6.45, 7) is 8.75. The number of aryl methyl sites for hydroxylation is 1. The van der Waals surface area contributed by atoms with Crippen LogP contribution in [0.5, 0.6) is 0 Å². The molecular weight excluding hydrogens is 438 g/mol. The molecule has 5 rings (SSSR count). The average molecular weight is 472 g/mol. The van der Waals surface area contributed by atoms with Gasteiger partial charge in [-0.15, -0.1) is 21.5 Å². The number of aromatic nitrogens is 2. The van der Waals surface area contributed by atoms with Gasteiger partial charge in [-0.1, -0.05) is 13.8 Å². The quantitative estimate of drug-likeness (QED) is 0.693. The van der Waals surface area contributed by atoms with E-state index in [9.17, 15) is 9.59 Å². The topological polar surface area (TPSA) is 91.6 Å². The Labute approximate surface area is 198 Å². The Morgan fingerprint density at radius 2 is 2.00 bits per heavy atom. The molecule has 1 aliphatic carbocycles. The number of hydrogen-bond acceptors (Lipinski definition) is 7. The van der Waals surface area contributed by atoms with Crippen LogP contribution in [0.3, 0.4) is 0 Å². The standard InChI is InChI=1S/C24H33N5O3S/c1-15(2)21-26-27-22(32-21)18-12-24(14-29(18)13-20(30)25-17-5-6-17)8-10-28(11-9-24)23(31)19-7-4-16(3)33-19/h4,7,15,17-18H,5-6,8-14H2,1-3H3,(H,25,30). The zero-order chi connectivity index (χ0) is 23.2. The molecule has 1 saturated carbocycles. The van der Waals surface area contributed by atoms with Gasteiger partial charge in [0.05, 0.1) is 17.5 Å². The zero-order valence-corrected chi connectivity index (χ0v) is 20.5. The average Bonchev–Trinajstić information content (AvgIpc) is 3.15. The Bertz CT molecular complexity index is 1020. The van der Waals surface area contributed by atoms with Crippen molar-refractivity contribution in [3.8, 4) is 0 Å². The van der Waals surface area contributed by atoms with E-state index in [1.807, 2.05) is 37.8 Å². The summed E-state index contributed by atoms with van der Waals surface area (Å²) >= 11 is 1.56. The summed E-state index contributed by atoms with van der Waals surface area (Å²) in [4.78, 5) is 31.7. The van der Waals surface area contributed by atoms with Crippen molar-refractivity contribution in [3.05, 3.63) is 33.7 Å². The largest absolute Gasteiger partial charge is 0.423 e. The van der Waals surface area contributed by atoms with Gasteiger partial charge >= 0.3 is 0 Å². The van der Waals surface area contributed by atoms with Crippen LogP contribution < -0.4 is 5.32 Å². The molecular formula is C24H33N5O3S. The first-order valence-electron chi connectivity index (χ1n) is 12.0. The normalized spacial score (nSPS) is 22.9. The van der Waals surface area contributed by atoms with Gasteiger partial charge in [-0.25, -0.2) is 0 Å². The molecule has 2 amide bonds. The molecule has 4 heterocycles. The van der Waals surface area contributed by atoms with Gasteiger partial charge in [-0.3, -0.25) is 14.5 Å². The summed E-state index contributed by atoms with van der Waals surface area (Å²) in [6.07, 6.45) is 4.88. The Morgan fingerprint density at radius 1 is 1.24 bits per heavy atom. The van der Waals surface area contributed by atoms with Crippen LogP contribution in [-0.4, -0.2) is 64.0 Å². The van der Waals surface area contributed by atoms with Gasteiger partial charge in [0, 0.05) is 36.5 Å². The monoisotopic (exact) mass is 471 g/mol. The van der Waals surface area contributed by atoms with Crippen LogP contribution in [0, 0.1) is 12.3 Å². The number of nitrogens with zero attached hydrogens (tertiary/aromatic N) is 4. The minimum Gasteiger partial charge on any atom is -0.423 e. The first-order valence-corrected chi connectivity index (χ1v) is 12.9. The number of thiophene rings is 1. The maximum absolute atomic E-state index is 12.9. The lowest BCUT2D eigenvalue weighted by atomic mass is 9.76. The van der Waals surface area contributed by atoms with Crippen LogP contribution in [0.4, 0.5) is 0 Å². The maximum Gasteiger partial charge on any atom is 0.263 e. The van der Waals surface area contributed by atoms with E-state index in [4.69, 9.17) is 4.42 Å². The van der Waals surface area contributed by atoms with Gasteiger partial charge in [-0.2, -0.15) is 0 Å². The van der Waals surface area contributed by atoms with Gasteiger partial charge < -0.3 is 14.6 Å². The van der Waals surface area contributed by atoms with Gasteiger partial charge in [0.15, 0.2) is 0 Å². The molecule has 0 aromatic carbocycles. The molecule has 1 spiro atoms. The van der Waals surface area contributed by atoms with E-state index in [2.05, 4.69) is 20.4 Å². The number of piperidine rings is 1.